The Bertz CT molecular complexity index is 897. The summed E-state index contributed by atoms with van der Waals surface area (Å²) in [4.78, 5) is 15.1. The summed E-state index contributed by atoms with van der Waals surface area (Å²) in [7, 11) is 0. The van der Waals surface area contributed by atoms with Gasteiger partial charge in [-0.3, -0.25) is 4.90 Å². The Morgan fingerprint density at radius 1 is 1.17 bits per heavy atom. The molecule has 158 valence electrons. The van der Waals surface area contributed by atoms with E-state index < -0.39 is 0 Å². The van der Waals surface area contributed by atoms with Gasteiger partial charge in [0.05, 0.1) is 0 Å². The number of anilines is 1. The molecule has 2 aromatic rings. The largest absolute Gasteiger partial charge is 0.479 e. The quantitative estimate of drug-likeness (QED) is 0.754. The lowest BCUT2D eigenvalue weighted by molar-refractivity contribution is 0.164. The third kappa shape index (κ3) is 5.98. The number of rotatable bonds is 6. The maximum absolute atomic E-state index is 12.7. The third-order valence-electron chi connectivity index (χ3n) is 5.42. The number of amides is 2. The number of nitrogens with one attached hydrogen (secondary N) is 2. The van der Waals surface area contributed by atoms with Crippen LogP contribution in [0.3, 0.4) is 0 Å². The van der Waals surface area contributed by atoms with E-state index in [9.17, 15) is 4.79 Å². The first-order valence-corrected chi connectivity index (χ1v) is 10.3. The van der Waals surface area contributed by atoms with Crippen LogP contribution in [0.15, 0.2) is 48.5 Å². The summed E-state index contributed by atoms with van der Waals surface area (Å²) in [5.41, 5.74) is 3.40. The summed E-state index contributed by atoms with van der Waals surface area (Å²) in [5, 5.41) is 14.6. The van der Waals surface area contributed by atoms with Gasteiger partial charge in [-0.2, -0.15) is 5.26 Å². The fraction of sp³-hybridized carbons (Fsp3) is 0.417. The van der Waals surface area contributed by atoms with Crippen LogP contribution in [0.5, 0.6) is 5.75 Å². The second-order valence-corrected chi connectivity index (χ2v) is 8.74. The van der Waals surface area contributed by atoms with Crippen LogP contribution in [0.1, 0.15) is 31.9 Å². The van der Waals surface area contributed by atoms with Crippen LogP contribution >= 0.6 is 0 Å². The van der Waals surface area contributed by atoms with E-state index in [1.807, 2.05) is 6.07 Å². The van der Waals surface area contributed by atoms with E-state index in [2.05, 4.69) is 60.6 Å². The van der Waals surface area contributed by atoms with Crippen molar-refractivity contribution in [2.24, 2.45) is 5.41 Å². The van der Waals surface area contributed by atoms with Crippen LogP contribution in [-0.4, -0.2) is 36.7 Å². The highest BCUT2D eigenvalue weighted by Gasteiger charge is 2.29. The standard InChI is InChI=1S/C24H30N4O2/c1-24(2,3)22(17-28-14-12-18-6-4-5-7-19(18)16-28)27-23(29)26-20-8-10-21(11-9-20)30-15-13-25/h4-11,22H,12,14-17H2,1-3H3,(H2,26,27,29)/t22-/m1/s1. The predicted molar refractivity (Wildman–Crippen MR) is 118 cm³/mol. The molecule has 2 aromatic carbocycles. The van der Waals surface area contributed by atoms with Crippen LogP contribution in [0.4, 0.5) is 10.5 Å². The summed E-state index contributed by atoms with van der Waals surface area (Å²) in [6.45, 7) is 9.16. The van der Waals surface area contributed by atoms with Gasteiger partial charge in [0, 0.05) is 31.4 Å². The van der Waals surface area contributed by atoms with Gasteiger partial charge in [0.25, 0.3) is 0 Å². The van der Waals surface area contributed by atoms with Crippen molar-refractivity contribution in [2.45, 2.75) is 39.8 Å². The molecular weight excluding hydrogens is 376 g/mol. The van der Waals surface area contributed by atoms with Crippen molar-refractivity contribution in [3.05, 3.63) is 59.7 Å². The van der Waals surface area contributed by atoms with Gasteiger partial charge in [-0.25, -0.2) is 4.79 Å². The Balaban J connectivity index is 1.58. The molecule has 0 saturated carbocycles. The molecule has 0 bridgehead atoms. The first-order valence-electron chi connectivity index (χ1n) is 10.3. The van der Waals surface area contributed by atoms with Crippen molar-refractivity contribution in [3.63, 3.8) is 0 Å². The van der Waals surface area contributed by atoms with E-state index in [1.54, 1.807) is 24.3 Å². The average molecular weight is 407 g/mol. The molecule has 1 aliphatic rings. The summed E-state index contributed by atoms with van der Waals surface area (Å²) in [6.07, 6.45) is 1.04. The molecule has 0 spiro atoms. The predicted octanol–water partition coefficient (Wildman–Crippen LogP) is 4.18. The lowest BCUT2D eigenvalue weighted by Gasteiger charge is -2.37. The van der Waals surface area contributed by atoms with Gasteiger partial charge in [0.2, 0.25) is 0 Å². The molecule has 30 heavy (non-hydrogen) atoms. The number of nitrogens with zero attached hydrogens (tertiary/aromatic N) is 2. The topological polar surface area (TPSA) is 77.4 Å². The molecule has 2 amide bonds. The molecule has 6 nitrogen and oxygen atoms in total. The fourth-order valence-electron chi connectivity index (χ4n) is 3.58. The number of urea groups is 1. The van der Waals surface area contributed by atoms with E-state index in [4.69, 9.17) is 10.00 Å². The van der Waals surface area contributed by atoms with E-state index in [1.165, 1.54) is 11.1 Å². The van der Waals surface area contributed by atoms with E-state index in [0.29, 0.717) is 11.4 Å². The lowest BCUT2D eigenvalue weighted by Crippen LogP contribution is -2.52. The Labute approximate surface area is 178 Å². The number of benzene rings is 2. The minimum Gasteiger partial charge on any atom is -0.479 e. The highest BCUT2D eigenvalue weighted by Crippen LogP contribution is 2.24. The Hall–Kier alpha value is -3.04. The highest BCUT2D eigenvalue weighted by molar-refractivity contribution is 5.89. The summed E-state index contributed by atoms with van der Waals surface area (Å²) in [5.74, 6) is 0.598. The minimum atomic E-state index is -0.224. The number of carbonyl (C=O) groups excluding carboxylic acids is 1. The minimum absolute atomic E-state index is 0.000923. The number of hydrogen-bond acceptors (Lipinski definition) is 4. The Morgan fingerprint density at radius 3 is 2.53 bits per heavy atom. The fourth-order valence-corrected chi connectivity index (χ4v) is 3.58. The van der Waals surface area contributed by atoms with Crippen molar-refractivity contribution >= 4 is 11.7 Å². The monoisotopic (exact) mass is 406 g/mol. The zero-order valence-electron chi connectivity index (χ0n) is 17.9. The summed E-state index contributed by atoms with van der Waals surface area (Å²) < 4.78 is 5.24. The van der Waals surface area contributed by atoms with Crippen molar-refractivity contribution in [1.82, 2.24) is 10.2 Å². The second kappa shape index (κ2) is 9.64. The zero-order chi connectivity index (χ0) is 21.6. The Morgan fingerprint density at radius 2 is 1.87 bits per heavy atom. The molecule has 2 N–H and O–H groups in total. The molecule has 1 aliphatic heterocycles. The SMILES string of the molecule is CC(C)(C)[C@@H](CN1CCc2ccccc2C1)NC(=O)Nc1ccc(OCC#N)cc1. The van der Waals surface area contributed by atoms with E-state index in [-0.39, 0.29) is 24.1 Å². The average Bonchev–Trinajstić information content (AvgIpc) is 2.72. The zero-order valence-corrected chi connectivity index (χ0v) is 17.9. The smallest absolute Gasteiger partial charge is 0.319 e. The van der Waals surface area contributed by atoms with Crippen molar-refractivity contribution in [2.75, 3.05) is 25.0 Å². The van der Waals surface area contributed by atoms with E-state index >= 15 is 0 Å². The third-order valence-corrected chi connectivity index (χ3v) is 5.42. The van der Waals surface area contributed by atoms with Crippen LogP contribution in [0.25, 0.3) is 0 Å². The number of nitriles is 1. The molecule has 0 aromatic heterocycles. The van der Waals surface area contributed by atoms with Crippen molar-refractivity contribution in [1.29, 1.82) is 5.26 Å². The van der Waals surface area contributed by atoms with Crippen LogP contribution in [-0.2, 0) is 13.0 Å². The first-order chi connectivity index (χ1) is 14.3. The molecule has 3 rings (SSSR count). The molecule has 0 fully saturated rings. The molecule has 6 heteroatoms. The van der Waals surface area contributed by atoms with Gasteiger partial charge < -0.3 is 15.4 Å². The summed E-state index contributed by atoms with van der Waals surface area (Å²) in [6, 6.07) is 17.3. The van der Waals surface area contributed by atoms with Crippen LogP contribution in [0.2, 0.25) is 0 Å². The Kier molecular flexibility index (Phi) is 6.96. The normalized spacial score (nSPS) is 14.9. The van der Waals surface area contributed by atoms with Gasteiger partial charge in [-0.1, -0.05) is 45.0 Å². The molecule has 1 heterocycles. The van der Waals surface area contributed by atoms with Gasteiger partial charge in [-0.15, -0.1) is 0 Å². The maximum Gasteiger partial charge on any atom is 0.319 e. The van der Waals surface area contributed by atoms with Crippen LogP contribution in [0, 0.1) is 16.7 Å². The molecule has 0 radical (unpaired) electrons. The van der Waals surface area contributed by atoms with Crippen LogP contribution < -0.4 is 15.4 Å². The number of carbonyl (C=O) groups is 1. The molecule has 0 unspecified atom stereocenters. The van der Waals surface area contributed by atoms with Gasteiger partial charge in [-0.05, 0) is 47.2 Å². The molecular formula is C24H30N4O2. The van der Waals surface area contributed by atoms with Crippen molar-refractivity contribution in [3.8, 4) is 11.8 Å². The molecule has 0 aliphatic carbocycles. The summed E-state index contributed by atoms with van der Waals surface area (Å²) >= 11 is 0. The van der Waals surface area contributed by atoms with Gasteiger partial charge in [0.15, 0.2) is 6.61 Å². The number of fused-ring (bicyclic) bond motifs is 1. The van der Waals surface area contributed by atoms with Gasteiger partial charge >= 0.3 is 6.03 Å². The first kappa shape index (κ1) is 21.7. The highest BCUT2D eigenvalue weighted by atomic mass is 16.5. The van der Waals surface area contributed by atoms with Gasteiger partial charge in [0.1, 0.15) is 11.8 Å². The lowest BCUT2D eigenvalue weighted by atomic mass is 9.86. The van der Waals surface area contributed by atoms with E-state index in [0.717, 1.165) is 26.1 Å². The number of ether oxygens (including phenoxy) is 1. The number of hydrogen-bond donors (Lipinski definition) is 2. The maximum atomic E-state index is 12.7. The molecule has 0 saturated heterocycles. The van der Waals surface area contributed by atoms with Crippen molar-refractivity contribution < 1.29 is 9.53 Å². The second-order valence-electron chi connectivity index (χ2n) is 8.74. The molecule has 1 atom stereocenters.